The summed E-state index contributed by atoms with van der Waals surface area (Å²) in [6.45, 7) is 0.563. The Morgan fingerprint density at radius 2 is 1.92 bits per heavy atom. The zero-order valence-electron chi connectivity index (χ0n) is 14.3. The highest BCUT2D eigenvalue weighted by Gasteiger charge is 2.14. The van der Waals surface area contributed by atoms with Gasteiger partial charge >= 0.3 is 0 Å². The minimum absolute atomic E-state index is 0.205. The molecule has 7 heteroatoms. The van der Waals surface area contributed by atoms with Crippen LogP contribution >= 0.6 is 0 Å². The lowest BCUT2D eigenvalue weighted by Crippen LogP contribution is -2.29. The molecule has 0 unspecified atom stereocenters. The number of likely N-dealkylation sites (N-methyl/N-ethyl adjacent to an activating group) is 1. The second-order valence-corrected chi connectivity index (χ2v) is 5.77. The third-order valence-electron chi connectivity index (χ3n) is 3.81. The van der Waals surface area contributed by atoms with E-state index < -0.39 is 0 Å². The highest BCUT2D eigenvalue weighted by atomic mass is 19.1. The van der Waals surface area contributed by atoms with Gasteiger partial charge in [-0.3, -0.25) is 9.78 Å². The van der Waals surface area contributed by atoms with Gasteiger partial charge in [0.15, 0.2) is 11.5 Å². The molecule has 0 radical (unpaired) electrons. The molecule has 0 saturated carbocycles. The van der Waals surface area contributed by atoms with Crippen molar-refractivity contribution < 1.29 is 9.18 Å². The zero-order chi connectivity index (χ0) is 18.4. The number of hydrogen-bond donors (Lipinski definition) is 1. The second kappa shape index (κ2) is 8.15. The molecule has 1 amide bonds. The highest BCUT2D eigenvalue weighted by Crippen LogP contribution is 2.15. The molecule has 1 N–H and O–H groups in total. The van der Waals surface area contributed by atoms with Crippen molar-refractivity contribution in [3.8, 4) is 0 Å². The van der Waals surface area contributed by atoms with E-state index in [1.807, 2.05) is 12.1 Å². The van der Waals surface area contributed by atoms with Gasteiger partial charge in [-0.15, -0.1) is 10.2 Å². The van der Waals surface area contributed by atoms with Crippen molar-refractivity contribution >= 4 is 17.4 Å². The summed E-state index contributed by atoms with van der Waals surface area (Å²) in [7, 11) is 1.73. The summed E-state index contributed by atoms with van der Waals surface area (Å²) in [4.78, 5) is 18.0. The molecule has 0 atom stereocenters. The van der Waals surface area contributed by atoms with E-state index in [0.29, 0.717) is 18.1 Å². The molecule has 1 aromatic carbocycles. The molecule has 26 heavy (non-hydrogen) atoms. The van der Waals surface area contributed by atoms with Crippen molar-refractivity contribution in [1.29, 1.82) is 0 Å². The molecule has 0 aliphatic rings. The fourth-order valence-corrected chi connectivity index (χ4v) is 2.37. The van der Waals surface area contributed by atoms with Gasteiger partial charge in [0.1, 0.15) is 5.82 Å². The van der Waals surface area contributed by atoms with E-state index in [4.69, 9.17) is 0 Å². The van der Waals surface area contributed by atoms with E-state index in [9.17, 15) is 9.18 Å². The van der Waals surface area contributed by atoms with Gasteiger partial charge in [-0.1, -0.05) is 6.07 Å². The maximum atomic E-state index is 13.2. The smallest absolute Gasteiger partial charge is 0.274 e. The van der Waals surface area contributed by atoms with Gasteiger partial charge in [0, 0.05) is 31.7 Å². The lowest BCUT2D eigenvalue weighted by Gasteiger charge is -2.16. The first-order chi connectivity index (χ1) is 12.6. The number of carbonyl (C=O) groups excluding carboxylic acids is 1. The van der Waals surface area contributed by atoms with Crippen LogP contribution in [-0.2, 0) is 6.42 Å². The molecule has 0 fully saturated rings. The Hall–Kier alpha value is -3.35. The summed E-state index contributed by atoms with van der Waals surface area (Å²) < 4.78 is 13.2. The van der Waals surface area contributed by atoms with E-state index in [1.165, 1.54) is 12.1 Å². The second-order valence-electron chi connectivity index (χ2n) is 5.77. The molecule has 0 aliphatic heterocycles. The minimum Gasteiger partial charge on any atom is -0.340 e. The number of nitrogens with zero attached hydrogens (tertiary/aromatic N) is 4. The Morgan fingerprint density at radius 1 is 1.12 bits per heavy atom. The van der Waals surface area contributed by atoms with E-state index >= 15 is 0 Å². The average Bonchev–Trinajstić information content (AvgIpc) is 2.67. The Bertz CT molecular complexity index is 871. The van der Waals surface area contributed by atoms with Crippen molar-refractivity contribution in [2.24, 2.45) is 0 Å². The molecular formula is C19H18FN5O. The lowest BCUT2D eigenvalue weighted by molar-refractivity contribution is 0.0789. The van der Waals surface area contributed by atoms with Crippen LogP contribution in [0.3, 0.4) is 0 Å². The number of amides is 1. The fraction of sp³-hybridized carbons (Fsp3) is 0.158. The van der Waals surface area contributed by atoms with Crippen LogP contribution < -0.4 is 5.32 Å². The van der Waals surface area contributed by atoms with Crippen LogP contribution in [0.5, 0.6) is 0 Å². The van der Waals surface area contributed by atoms with Gasteiger partial charge in [0.25, 0.3) is 5.91 Å². The number of hydrogen-bond acceptors (Lipinski definition) is 5. The number of benzene rings is 1. The summed E-state index contributed by atoms with van der Waals surface area (Å²) in [6, 6.07) is 13.1. The molecule has 3 rings (SSSR count). The predicted octanol–water partition coefficient (Wildman–Crippen LogP) is 3.07. The largest absolute Gasteiger partial charge is 0.340 e. The summed E-state index contributed by atoms with van der Waals surface area (Å²) in [6.07, 6.45) is 4.19. The van der Waals surface area contributed by atoms with Crippen LogP contribution in [0.2, 0.25) is 0 Å². The number of carbonyl (C=O) groups is 1. The summed E-state index contributed by atoms with van der Waals surface area (Å²) in [5, 5.41) is 10.9. The Morgan fingerprint density at radius 3 is 2.62 bits per heavy atom. The minimum atomic E-state index is -0.342. The monoisotopic (exact) mass is 351 g/mol. The van der Waals surface area contributed by atoms with Gasteiger partial charge in [0.2, 0.25) is 0 Å². The van der Waals surface area contributed by atoms with Crippen LogP contribution in [0, 0.1) is 5.82 Å². The molecule has 0 aliphatic carbocycles. The van der Waals surface area contributed by atoms with Crippen LogP contribution in [0.1, 0.15) is 16.1 Å². The molecule has 0 bridgehead atoms. The number of nitrogens with one attached hydrogen (secondary N) is 1. The maximum Gasteiger partial charge on any atom is 0.274 e. The van der Waals surface area contributed by atoms with E-state index in [1.54, 1.807) is 48.6 Å². The van der Waals surface area contributed by atoms with Crippen molar-refractivity contribution in [1.82, 2.24) is 20.1 Å². The number of halogens is 1. The summed E-state index contributed by atoms with van der Waals surface area (Å²) >= 11 is 0. The Labute approximate surface area is 150 Å². The van der Waals surface area contributed by atoms with Crippen molar-refractivity contribution in [3.63, 3.8) is 0 Å². The zero-order valence-corrected chi connectivity index (χ0v) is 14.3. The molecule has 6 nitrogen and oxygen atoms in total. The number of rotatable bonds is 6. The highest BCUT2D eigenvalue weighted by molar-refractivity contribution is 5.92. The topological polar surface area (TPSA) is 71.0 Å². The van der Waals surface area contributed by atoms with Gasteiger partial charge in [-0.05, 0) is 54.4 Å². The molecule has 132 valence electrons. The van der Waals surface area contributed by atoms with Crippen LogP contribution in [-0.4, -0.2) is 39.6 Å². The van der Waals surface area contributed by atoms with E-state index in [0.717, 1.165) is 12.0 Å². The molecular weight excluding hydrogens is 333 g/mol. The van der Waals surface area contributed by atoms with Gasteiger partial charge < -0.3 is 10.2 Å². The first-order valence-electron chi connectivity index (χ1n) is 8.12. The Kier molecular flexibility index (Phi) is 5.48. The van der Waals surface area contributed by atoms with Gasteiger partial charge in [-0.2, -0.15) is 0 Å². The fourth-order valence-electron chi connectivity index (χ4n) is 2.37. The van der Waals surface area contributed by atoms with Crippen LogP contribution in [0.25, 0.3) is 0 Å². The predicted molar refractivity (Wildman–Crippen MR) is 96.6 cm³/mol. The summed E-state index contributed by atoms with van der Waals surface area (Å²) in [5.74, 6) is -0.110. The Balaban J connectivity index is 1.59. The van der Waals surface area contributed by atoms with Crippen molar-refractivity contribution in [3.05, 3.63) is 78.0 Å². The average molecular weight is 351 g/mol. The van der Waals surface area contributed by atoms with Crippen LogP contribution in [0.4, 0.5) is 15.9 Å². The molecule has 3 aromatic rings. The van der Waals surface area contributed by atoms with Crippen molar-refractivity contribution in [2.75, 3.05) is 18.9 Å². The quantitative estimate of drug-likeness (QED) is 0.739. The van der Waals surface area contributed by atoms with Gasteiger partial charge in [-0.25, -0.2) is 4.39 Å². The van der Waals surface area contributed by atoms with Crippen LogP contribution in [0.15, 0.2) is 60.9 Å². The third kappa shape index (κ3) is 4.60. The van der Waals surface area contributed by atoms with E-state index in [2.05, 4.69) is 20.5 Å². The third-order valence-corrected chi connectivity index (χ3v) is 3.81. The molecule has 0 spiro atoms. The van der Waals surface area contributed by atoms with Crippen molar-refractivity contribution in [2.45, 2.75) is 6.42 Å². The SMILES string of the molecule is CN(CCc1ccncc1)C(=O)c1ccc(Nc2cccc(F)c2)nn1. The number of aromatic nitrogens is 3. The lowest BCUT2D eigenvalue weighted by atomic mass is 10.2. The first-order valence-corrected chi connectivity index (χ1v) is 8.12. The van der Waals surface area contributed by atoms with Gasteiger partial charge in [0.05, 0.1) is 0 Å². The summed E-state index contributed by atoms with van der Waals surface area (Å²) in [5.41, 5.74) is 1.93. The van der Waals surface area contributed by atoms with E-state index in [-0.39, 0.29) is 17.4 Å². The first kappa shape index (κ1) is 17.5. The standard InChI is InChI=1S/C19H18FN5O/c1-25(12-9-14-7-10-21-11-8-14)19(26)17-5-6-18(24-23-17)22-16-4-2-3-15(20)13-16/h2-8,10-11,13H,9,12H2,1H3,(H,22,24). The molecule has 2 aromatic heterocycles. The number of pyridine rings is 1. The maximum absolute atomic E-state index is 13.2. The normalized spacial score (nSPS) is 10.4. The molecule has 2 heterocycles. The number of anilines is 2. The molecule has 0 saturated heterocycles.